The van der Waals surface area contributed by atoms with Crippen LogP contribution in [0.4, 0.5) is 23.7 Å². The summed E-state index contributed by atoms with van der Waals surface area (Å²) < 4.78 is 40.4. The SMILES string of the molecule is CNC(=O)N1CCC(CNc2cc(C(F)(F)F)nc3ccc(Cl)cc23)(c2ccccc2)C1. The molecule has 1 aliphatic heterocycles. The predicted molar refractivity (Wildman–Crippen MR) is 119 cm³/mol. The first-order valence-corrected chi connectivity index (χ1v) is 10.5. The standard InChI is InChI=1S/C23H22ClF3N4O/c1-28-21(32)31-10-9-22(14-31,15-5-3-2-4-6-15)13-29-19-12-20(23(25,26)27)30-18-8-7-16(24)11-17(18)19/h2-8,11-12H,9-10,13-14H2,1H3,(H,28,32)(H,29,30). The molecule has 2 N–H and O–H groups in total. The number of likely N-dealkylation sites (tertiary alicyclic amines) is 1. The molecule has 32 heavy (non-hydrogen) atoms. The van der Waals surface area contributed by atoms with E-state index < -0.39 is 17.3 Å². The minimum absolute atomic E-state index is 0.177. The second kappa shape index (κ2) is 8.50. The molecular weight excluding hydrogens is 441 g/mol. The first-order chi connectivity index (χ1) is 15.2. The Balaban J connectivity index is 1.72. The van der Waals surface area contributed by atoms with E-state index in [1.54, 1.807) is 18.0 Å². The number of carbonyl (C=O) groups is 1. The Morgan fingerprint density at radius 1 is 1.19 bits per heavy atom. The summed E-state index contributed by atoms with van der Waals surface area (Å²) in [6.07, 6.45) is -3.90. The van der Waals surface area contributed by atoms with E-state index in [9.17, 15) is 18.0 Å². The molecule has 1 unspecified atom stereocenters. The summed E-state index contributed by atoms with van der Waals surface area (Å²) in [5, 5.41) is 6.79. The molecule has 4 rings (SSSR count). The highest BCUT2D eigenvalue weighted by molar-refractivity contribution is 6.31. The molecule has 1 aromatic heterocycles. The molecule has 2 heterocycles. The Hall–Kier alpha value is -3.00. The van der Waals surface area contributed by atoms with Gasteiger partial charge in [0.15, 0.2) is 0 Å². The average Bonchev–Trinajstić information content (AvgIpc) is 3.22. The number of fused-ring (bicyclic) bond motifs is 1. The van der Waals surface area contributed by atoms with Gasteiger partial charge in [-0.25, -0.2) is 9.78 Å². The minimum Gasteiger partial charge on any atom is -0.383 e. The molecule has 0 saturated carbocycles. The molecule has 2 aromatic carbocycles. The van der Waals surface area contributed by atoms with Gasteiger partial charge in [-0.05, 0) is 36.2 Å². The Labute approximate surface area is 188 Å². The quantitative estimate of drug-likeness (QED) is 0.553. The normalized spacial score (nSPS) is 18.7. The van der Waals surface area contributed by atoms with Gasteiger partial charge < -0.3 is 15.5 Å². The number of nitrogens with zero attached hydrogens (tertiary/aromatic N) is 2. The molecule has 2 amide bonds. The van der Waals surface area contributed by atoms with E-state index in [2.05, 4.69) is 15.6 Å². The van der Waals surface area contributed by atoms with E-state index >= 15 is 0 Å². The number of hydrogen-bond donors (Lipinski definition) is 2. The number of carbonyl (C=O) groups excluding carboxylic acids is 1. The van der Waals surface area contributed by atoms with Crippen molar-refractivity contribution in [2.75, 3.05) is 32.0 Å². The number of aromatic nitrogens is 1. The molecule has 5 nitrogen and oxygen atoms in total. The van der Waals surface area contributed by atoms with Crippen LogP contribution in [0, 0.1) is 0 Å². The smallest absolute Gasteiger partial charge is 0.383 e. The number of alkyl halides is 3. The molecule has 168 valence electrons. The van der Waals surface area contributed by atoms with Gasteiger partial charge in [-0.2, -0.15) is 13.2 Å². The zero-order valence-corrected chi connectivity index (χ0v) is 18.1. The van der Waals surface area contributed by atoms with Gasteiger partial charge in [-0.1, -0.05) is 41.9 Å². The van der Waals surface area contributed by atoms with Crippen LogP contribution in [-0.4, -0.2) is 42.6 Å². The third kappa shape index (κ3) is 4.32. The number of nitrogens with one attached hydrogen (secondary N) is 2. The van der Waals surface area contributed by atoms with Crippen molar-refractivity contribution in [1.82, 2.24) is 15.2 Å². The number of halogens is 4. The highest BCUT2D eigenvalue weighted by Gasteiger charge is 2.41. The zero-order valence-electron chi connectivity index (χ0n) is 17.3. The van der Waals surface area contributed by atoms with Crippen LogP contribution < -0.4 is 10.6 Å². The lowest BCUT2D eigenvalue weighted by Crippen LogP contribution is -2.42. The maximum absolute atomic E-state index is 13.5. The molecule has 1 saturated heterocycles. The second-order valence-corrected chi connectivity index (χ2v) is 8.38. The number of benzene rings is 2. The zero-order chi connectivity index (χ0) is 22.9. The summed E-state index contributed by atoms with van der Waals surface area (Å²) in [6.45, 7) is 1.33. The number of urea groups is 1. The fourth-order valence-corrected chi connectivity index (χ4v) is 4.40. The largest absolute Gasteiger partial charge is 0.433 e. The van der Waals surface area contributed by atoms with E-state index in [1.807, 2.05) is 30.3 Å². The Bertz CT molecular complexity index is 1140. The van der Waals surface area contributed by atoms with Crippen molar-refractivity contribution in [3.63, 3.8) is 0 Å². The number of rotatable bonds is 4. The summed E-state index contributed by atoms with van der Waals surface area (Å²) in [7, 11) is 1.58. The van der Waals surface area contributed by atoms with Crippen LogP contribution in [-0.2, 0) is 11.6 Å². The molecule has 0 bridgehead atoms. The van der Waals surface area contributed by atoms with E-state index in [1.165, 1.54) is 12.1 Å². The van der Waals surface area contributed by atoms with Gasteiger partial charge in [0.05, 0.1) is 5.52 Å². The van der Waals surface area contributed by atoms with E-state index in [0.717, 1.165) is 11.6 Å². The Morgan fingerprint density at radius 2 is 1.94 bits per heavy atom. The van der Waals surface area contributed by atoms with Crippen molar-refractivity contribution >= 4 is 34.2 Å². The molecule has 0 spiro atoms. The van der Waals surface area contributed by atoms with Crippen LogP contribution >= 0.6 is 11.6 Å². The summed E-state index contributed by atoms with van der Waals surface area (Å²) in [5.74, 6) is 0. The van der Waals surface area contributed by atoms with Crippen molar-refractivity contribution in [1.29, 1.82) is 0 Å². The molecule has 9 heteroatoms. The monoisotopic (exact) mass is 462 g/mol. The molecular formula is C23H22ClF3N4O. The second-order valence-electron chi connectivity index (χ2n) is 7.94. The molecule has 0 aliphatic carbocycles. The van der Waals surface area contributed by atoms with Gasteiger partial charge >= 0.3 is 12.2 Å². The van der Waals surface area contributed by atoms with Crippen LogP contribution in [0.5, 0.6) is 0 Å². The third-order valence-corrected chi connectivity index (χ3v) is 6.15. The summed E-state index contributed by atoms with van der Waals surface area (Å²) in [6, 6.07) is 15.2. The lowest BCUT2D eigenvalue weighted by molar-refractivity contribution is -0.140. The number of anilines is 1. The van der Waals surface area contributed by atoms with Crippen LogP contribution in [0.2, 0.25) is 5.02 Å². The number of hydrogen-bond acceptors (Lipinski definition) is 3. The van der Waals surface area contributed by atoms with Gasteiger partial charge in [0, 0.05) is 48.2 Å². The summed E-state index contributed by atoms with van der Waals surface area (Å²) >= 11 is 6.11. The first kappa shape index (κ1) is 22.2. The van der Waals surface area contributed by atoms with E-state index in [0.29, 0.717) is 42.2 Å². The lowest BCUT2D eigenvalue weighted by atomic mass is 9.79. The molecule has 3 aromatic rings. The molecule has 1 atom stereocenters. The first-order valence-electron chi connectivity index (χ1n) is 10.2. The topological polar surface area (TPSA) is 57.3 Å². The fraction of sp³-hybridized carbons (Fsp3) is 0.304. The maximum atomic E-state index is 13.5. The van der Waals surface area contributed by atoms with Gasteiger partial charge in [0.2, 0.25) is 0 Å². The van der Waals surface area contributed by atoms with Crippen LogP contribution in [0.15, 0.2) is 54.6 Å². The van der Waals surface area contributed by atoms with Gasteiger partial charge in [0.1, 0.15) is 5.69 Å². The van der Waals surface area contributed by atoms with Crippen molar-refractivity contribution in [3.05, 3.63) is 70.9 Å². The Morgan fingerprint density at radius 3 is 2.62 bits per heavy atom. The summed E-state index contributed by atoms with van der Waals surface area (Å²) in [5.41, 5.74) is 0.103. The maximum Gasteiger partial charge on any atom is 0.433 e. The minimum atomic E-state index is -4.58. The van der Waals surface area contributed by atoms with Crippen LogP contribution in [0.3, 0.4) is 0 Å². The van der Waals surface area contributed by atoms with E-state index in [-0.39, 0.29) is 11.5 Å². The molecule has 1 aliphatic rings. The van der Waals surface area contributed by atoms with Crippen LogP contribution in [0.25, 0.3) is 10.9 Å². The highest BCUT2D eigenvalue weighted by Crippen LogP contribution is 2.38. The van der Waals surface area contributed by atoms with Gasteiger partial charge in [-0.3, -0.25) is 0 Å². The Kier molecular flexibility index (Phi) is 5.90. The van der Waals surface area contributed by atoms with Crippen molar-refractivity contribution < 1.29 is 18.0 Å². The van der Waals surface area contributed by atoms with Crippen molar-refractivity contribution in [3.8, 4) is 0 Å². The van der Waals surface area contributed by atoms with Crippen molar-refractivity contribution in [2.24, 2.45) is 0 Å². The summed E-state index contributed by atoms with van der Waals surface area (Å²) in [4.78, 5) is 17.7. The van der Waals surface area contributed by atoms with E-state index in [4.69, 9.17) is 11.6 Å². The highest BCUT2D eigenvalue weighted by atomic mass is 35.5. The average molecular weight is 463 g/mol. The van der Waals surface area contributed by atoms with Crippen LogP contribution in [0.1, 0.15) is 17.7 Å². The number of pyridine rings is 1. The van der Waals surface area contributed by atoms with Gasteiger partial charge in [-0.15, -0.1) is 0 Å². The third-order valence-electron chi connectivity index (χ3n) is 5.92. The molecule has 1 fully saturated rings. The van der Waals surface area contributed by atoms with Gasteiger partial charge in [0.25, 0.3) is 0 Å². The number of amides is 2. The lowest BCUT2D eigenvalue weighted by Gasteiger charge is -2.31. The fourth-order valence-electron chi connectivity index (χ4n) is 4.23. The molecule has 0 radical (unpaired) electrons. The predicted octanol–water partition coefficient (Wildman–Crippen LogP) is 5.30. The van der Waals surface area contributed by atoms with Crippen molar-refractivity contribution in [2.45, 2.75) is 18.0 Å².